The largest absolute Gasteiger partial charge is 0.319 e. The lowest BCUT2D eigenvalue weighted by Gasteiger charge is -2.32. The number of nitrogens with zero attached hydrogens (tertiary/aromatic N) is 6. The molecule has 8 rings (SSSR count). The van der Waals surface area contributed by atoms with Gasteiger partial charge in [0.25, 0.3) is 11.8 Å². The van der Waals surface area contributed by atoms with Gasteiger partial charge in [-0.2, -0.15) is 0 Å². The molecule has 2 aliphatic heterocycles. The fraction of sp³-hybridized carbons (Fsp3) is 0.269. The van der Waals surface area contributed by atoms with E-state index in [9.17, 15) is 9.59 Å². The van der Waals surface area contributed by atoms with Crippen LogP contribution in [0.5, 0.6) is 0 Å². The second-order valence-electron chi connectivity index (χ2n) is 16.2. The molecule has 1 unspecified atom stereocenters. The summed E-state index contributed by atoms with van der Waals surface area (Å²) in [6.45, 7) is 13.6. The quantitative estimate of drug-likeness (QED) is 0.111. The summed E-state index contributed by atoms with van der Waals surface area (Å²) in [5, 5.41) is 0. The predicted octanol–water partition coefficient (Wildman–Crippen LogP) is 11.7. The SMILES string of the molecule is CCCCN1C(=O)C2=C(c3ccc(N(c4ccc(C)cc4)C4C=CC(C)=CC4)nc3)N(CCCC)C(=O)C2=C1c1ccc(N(c2ccc(C)cc2)c2ccc(C)cc2)nc1. The van der Waals surface area contributed by atoms with Crippen molar-refractivity contribution in [2.75, 3.05) is 22.9 Å². The molecule has 0 N–H and O–H groups in total. The van der Waals surface area contributed by atoms with Crippen molar-refractivity contribution in [3.63, 3.8) is 0 Å². The first-order valence-corrected chi connectivity index (χ1v) is 21.4. The van der Waals surface area contributed by atoms with Gasteiger partial charge in [-0.05, 0) is 108 Å². The Balaban J connectivity index is 1.22. The molecule has 0 saturated heterocycles. The second kappa shape index (κ2) is 17.4. The Morgan fingerprint density at radius 1 is 0.583 bits per heavy atom. The number of aryl methyl sites for hydroxylation is 3. The number of amides is 2. The van der Waals surface area contributed by atoms with E-state index in [1.165, 1.54) is 22.3 Å². The Bertz CT molecular complexity index is 2450. The summed E-state index contributed by atoms with van der Waals surface area (Å²) >= 11 is 0. The summed E-state index contributed by atoms with van der Waals surface area (Å²) in [6, 6.07) is 33.5. The van der Waals surface area contributed by atoms with E-state index in [1.807, 2.05) is 46.5 Å². The van der Waals surface area contributed by atoms with Gasteiger partial charge in [-0.25, -0.2) is 9.97 Å². The standard InChI is InChI=1S/C52H54N6O2/c1-7-9-31-55-49(39-19-29-45(53-33-39)57(41-21-11-35(3)12-22-41)42-23-13-36(4)14-24-42)47-48(51(55)59)50(56(52(47)60)32-10-8-2)40-20-30-46(54-34-40)58(43-25-15-37(5)16-26-43)44-27-17-38(6)18-28-44/h11-27,29-30,33-34,44H,7-10,28,31-32H2,1-6H3. The topological polar surface area (TPSA) is 72.9 Å². The maximum atomic E-state index is 14.8. The first kappa shape index (κ1) is 40.2. The van der Waals surface area contributed by atoms with Crippen molar-refractivity contribution >= 4 is 51.9 Å². The molecule has 8 heteroatoms. The van der Waals surface area contributed by atoms with Crippen molar-refractivity contribution in [1.82, 2.24) is 19.8 Å². The molecule has 0 saturated carbocycles. The fourth-order valence-corrected chi connectivity index (χ4v) is 8.29. The van der Waals surface area contributed by atoms with Gasteiger partial charge < -0.3 is 14.7 Å². The first-order valence-electron chi connectivity index (χ1n) is 21.4. The molecule has 3 aromatic carbocycles. The van der Waals surface area contributed by atoms with Gasteiger partial charge in [0.1, 0.15) is 11.6 Å². The molecule has 5 aromatic rings. The van der Waals surface area contributed by atoms with E-state index in [-0.39, 0.29) is 17.9 Å². The van der Waals surface area contributed by atoms with Crippen LogP contribution in [-0.4, -0.2) is 50.7 Å². The number of pyridine rings is 2. The Hall–Kier alpha value is -6.54. The summed E-state index contributed by atoms with van der Waals surface area (Å²) < 4.78 is 0. The van der Waals surface area contributed by atoms with E-state index < -0.39 is 0 Å². The third-order valence-electron chi connectivity index (χ3n) is 11.7. The van der Waals surface area contributed by atoms with Crippen LogP contribution in [-0.2, 0) is 9.59 Å². The summed E-state index contributed by atoms with van der Waals surface area (Å²) in [5.41, 5.74) is 11.5. The van der Waals surface area contributed by atoms with Crippen molar-refractivity contribution in [3.05, 3.63) is 172 Å². The highest BCUT2D eigenvalue weighted by atomic mass is 16.2. The highest BCUT2D eigenvalue weighted by molar-refractivity contribution is 6.30. The number of aromatic nitrogens is 2. The second-order valence-corrected chi connectivity index (χ2v) is 16.2. The van der Waals surface area contributed by atoms with Crippen molar-refractivity contribution in [3.8, 4) is 0 Å². The molecule has 2 aromatic heterocycles. The fourth-order valence-electron chi connectivity index (χ4n) is 8.29. The molecule has 1 aliphatic carbocycles. The van der Waals surface area contributed by atoms with Crippen LogP contribution < -0.4 is 9.80 Å². The van der Waals surface area contributed by atoms with Crippen molar-refractivity contribution in [2.24, 2.45) is 0 Å². The van der Waals surface area contributed by atoms with Crippen molar-refractivity contribution in [1.29, 1.82) is 0 Å². The number of benzene rings is 3. The van der Waals surface area contributed by atoms with Crippen LogP contribution in [0.15, 0.2) is 144 Å². The zero-order valence-electron chi connectivity index (χ0n) is 35.7. The highest BCUT2D eigenvalue weighted by Gasteiger charge is 2.48. The lowest BCUT2D eigenvalue weighted by Crippen LogP contribution is -2.31. The number of hydrogen-bond donors (Lipinski definition) is 0. The van der Waals surface area contributed by atoms with Gasteiger partial charge in [0, 0.05) is 53.7 Å². The van der Waals surface area contributed by atoms with E-state index in [4.69, 9.17) is 9.97 Å². The van der Waals surface area contributed by atoms with Gasteiger partial charge in [-0.1, -0.05) is 104 Å². The van der Waals surface area contributed by atoms with E-state index >= 15 is 0 Å². The average Bonchev–Trinajstić information content (AvgIpc) is 3.71. The number of carbonyl (C=O) groups is 2. The van der Waals surface area contributed by atoms with E-state index in [2.05, 4.69) is 142 Å². The van der Waals surface area contributed by atoms with E-state index in [0.717, 1.165) is 71.9 Å². The molecule has 4 heterocycles. The molecule has 3 aliphatic rings. The molecule has 0 spiro atoms. The van der Waals surface area contributed by atoms with Crippen molar-refractivity contribution in [2.45, 2.75) is 79.7 Å². The molecule has 2 amide bonds. The molecule has 8 nitrogen and oxygen atoms in total. The maximum Gasteiger partial charge on any atom is 0.261 e. The number of allylic oxidation sites excluding steroid dienone is 2. The van der Waals surface area contributed by atoms with Gasteiger partial charge in [0.15, 0.2) is 0 Å². The Labute approximate surface area is 354 Å². The van der Waals surface area contributed by atoms with Gasteiger partial charge in [-0.15, -0.1) is 0 Å². The molecule has 60 heavy (non-hydrogen) atoms. The molecule has 304 valence electrons. The zero-order chi connectivity index (χ0) is 41.9. The van der Waals surface area contributed by atoms with Gasteiger partial charge in [-0.3, -0.25) is 14.5 Å². The number of carbonyl (C=O) groups excluding carboxylic acids is 2. The molecule has 0 radical (unpaired) electrons. The zero-order valence-corrected chi connectivity index (χ0v) is 35.7. The van der Waals surface area contributed by atoms with Gasteiger partial charge in [0.05, 0.1) is 28.6 Å². The van der Waals surface area contributed by atoms with E-state index in [1.54, 1.807) is 0 Å². The molecular formula is C52H54N6O2. The van der Waals surface area contributed by atoms with E-state index in [0.29, 0.717) is 35.6 Å². The highest BCUT2D eigenvalue weighted by Crippen LogP contribution is 2.47. The molecule has 0 bridgehead atoms. The summed E-state index contributed by atoms with van der Waals surface area (Å²) in [7, 11) is 0. The minimum atomic E-state index is -0.152. The number of rotatable bonds is 14. The van der Waals surface area contributed by atoms with Crippen LogP contribution in [0.3, 0.4) is 0 Å². The number of anilines is 5. The molecule has 1 atom stereocenters. The van der Waals surface area contributed by atoms with Crippen LogP contribution in [0, 0.1) is 20.8 Å². The normalized spacial score (nSPS) is 16.2. The van der Waals surface area contributed by atoms with Gasteiger partial charge in [0.2, 0.25) is 0 Å². The summed E-state index contributed by atoms with van der Waals surface area (Å²) in [6.07, 6.45) is 14.6. The Kier molecular flexibility index (Phi) is 11.6. The average molecular weight is 795 g/mol. The minimum Gasteiger partial charge on any atom is -0.319 e. The maximum absolute atomic E-state index is 14.8. The third-order valence-corrected chi connectivity index (χ3v) is 11.7. The van der Waals surface area contributed by atoms with Crippen LogP contribution in [0.2, 0.25) is 0 Å². The predicted molar refractivity (Wildman–Crippen MR) is 244 cm³/mol. The molecular weight excluding hydrogens is 741 g/mol. The monoisotopic (exact) mass is 794 g/mol. The Morgan fingerprint density at radius 2 is 1.03 bits per heavy atom. The minimum absolute atomic E-state index is 0.0902. The van der Waals surface area contributed by atoms with Gasteiger partial charge >= 0.3 is 0 Å². The Morgan fingerprint density at radius 3 is 1.43 bits per heavy atom. The lowest BCUT2D eigenvalue weighted by molar-refractivity contribution is -0.124. The van der Waals surface area contributed by atoms with Crippen molar-refractivity contribution < 1.29 is 9.59 Å². The first-order chi connectivity index (χ1) is 29.2. The summed E-state index contributed by atoms with van der Waals surface area (Å²) in [4.78, 5) is 47.8. The van der Waals surface area contributed by atoms with Crippen LogP contribution in [0.25, 0.3) is 11.4 Å². The third kappa shape index (κ3) is 7.82. The smallest absolute Gasteiger partial charge is 0.261 e. The summed E-state index contributed by atoms with van der Waals surface area (Å²) in [5.74, 6) is 1.23. The number of unbranched alkanes of at least 4 members (excludes halogenated alkanes) is 2. The van der Waals surface area contributed by atoms with Crippen LogP contribution >= 0.6 is 0 Å². The lowest BCUT2D eigenvalue weighted by atomic mass is 10.0. The molecule has 0 fully saturated rings. The number of fused-ring (bicyclic) bond motifs is 1. The van der Waals surface area contributed by atoms with Crippen LogP contribution in [0.4, 0.5) is 28.7 Å². The number of hydrogen-bond acceptors (Lipinski definition) is 6. The van der Waals surface area contributed by atoms with Crippen LogP contribution in [0.1, 0.15) is 80.7 Å².